The van der Waals surface area contributed by atoms with Crippen molar-refractivity contribution >= 4 is 6.41 Å². The normalized spacial score (nSPS) is 7.67. The summed E-state index contributed by atoms with van der Waals surface area (Å²) in [5.41, 5.74) is 1.11. The van der Waals surface area contributed by atoms with Crippen molar-refractivity contribution in [3.63, 3.8) is 0 Å². The van der Waals surface area contributed by atoms with Crippen LogP contribution in [0.3, 0.4) is 0 Å². The Morgan fingerprint density at radius 3 is 2.33 bits per heavy atom. The van der Waals surface area contributed by atoms with Crippen molar-refractivity contribution in [3.05, 3.63) is 24.6 Å². The van der Waals surface area contributed by atoms with Crippen LogP contribution in [0.15, 0.2) is 24.6 Å². The Kier molecular flexibility index (Phi) is 3.20. The van der Waals surface area contributed by atoms with Gasteiger partial charge in [0, 0.05) is 12.7 Å². The molecule has 0 unspecified atom stereocenters. The molecule has 0 saturated carbocycles. The van der Waals surface area contributed by atoms with Gasteiger partial charge in [-0.25, -0.2) is 0 Å². The highest BCUT2D eigenvalue weighted by Crippen LogP contribution is 1.91. The Morgan fingerprint density at radius 1 is 1.44 bits per heavy atom. The Labute approximate surface area is 54.4 Å². The number of hydrogen-bond acceptors (Lipinski definition) is 2. The van der Waals surface area contributed by atoms with E-state index < -0.39 is 0 Å². The van der Waals surface area contributed by atoms with Crippen LogP contribution in [-0.4, -0.2) is 13.5 Å². The van der Waals surface area contributed by atoms with Gasteiger partial charge in [0.25, 0.3) is 0 Å². The molecule has 0 spiro atoms. The van der Waals surface area contributed by atoms with Gasteiger partial charge in [-0.15, -0.1) is 0 Å². The predicted molar refractivity (Wildman–Crippen MR) is 36.5 cm³/mol. The van der Waals surface area contributed by atoms with E-state index in [1.54, 1.807) is 7.05 Å². The highest BCUT2D eigenvalue weighted by atomic mass is 16.1. The molecule has 0 atom stereocenters. The standard InChI is InChI=1S/C6H10N2O/c1-5(7-3)6(2)8-4-9/h4,7H,1-2H2,3H3,(H,8,9). The lowest BCUT2D eigenvalue weighted by molar-refractivity contribution is -0.108. The van der Waals surface area contributed by atoms with Crippen LogP contribution >= 0.6 is 0 Å². The lowest BCUT2D eigenvalue weighted by atomic mass is 10.4. The summed E-state index contributed by atoms with van der Waals surface area (Å²) in [7, 11) is 1.71. The minimum atomic E-state index is 0.493. The van der Waals surface area contributed by atoms with Crippen LogP contribution in [0.1, 0.15) is 0 Å². The number of rotatable bonds is 4. The van der Waals surface area contributed by atoms with E-state index in [0.717, 1.165) is 0 Å². The lowest BCUT2D eigenvalue weighted by Gasteiger charge is -2.04. The number of carbonyl (C=O) groups excluding carboxylic acids is 1. The molecule has 1 amide bonds. The van der Waals surface area contributed by atoms with E-state index in [9.17, 15) is 4.79 Å². The van der Waals surface area contributed by atoms with Gasteiger partial charge in [-0.3, -0.25) is 4.79 Å². The molecular formula is C6H10N2O. The number of carbonyl (C=O) groups is 1. The summed E-state index contributed by atoms with van der Waals surface area (Å²) in [4.78, 5) is 9.79. The maximum atomic E-state index is 9.79. The van der Waals surface area contributed by atoms with Gasteiger partial charge in [0.1, 0.15) is 0 Å². The molecular weight excluding hydrogens is 116 g/mol. The fraction of sp³-hybridized carbons (Fsp3) is 0.167. The van der Waals surface area contributed by atoms with Crippen molar-refractivity contribution in [2.75, 3.05) is 7.05 Å². The second-order valence-corrected chi connectivity index (χ2v) is 1.47. The van der Waals surface area contributed by atoms with E-state index in [1.165, 1.54) is 0 Å². The van der Waals surface area contributed by atoms with E-state index in [0.29, 0.717) is 17.8 Å². The van der Waals surface area contributed by atoms with Gasteiger partial charge in [-0.1, -0.05) is 13.2 Å². The van der Waals surface area contributed by atoms with Crippen molar-refractivity contribution in [1.82, 2.24) is 10.6 Å². The zero-order chi connectivity index (χ0) is 7.28. The summed E-state index contributed by atoms with van der Waals surface area (Å²) in [6.45, 7) is 7.07. The molecule has 0 radical (unpaired) electrons. The van der Waals surface area contributed by atoms with Crippen molar-refractivity contribution in [3.8, 4) is 0 Å². The number of likely N-dealkylation sites (N-methyl/N-ethyl adjacent to an activating group) is 1. The minimum absolute atomic E-state index is 0.493. The van der Waals surface area contributed by atoms with Gasteiger partial charge in [0.2, 0.25) is 6.41 Å². The van der Waals surface area contributed by atoms with Crippen LogP contribution in [0.2, 0.25) is 0 Å². The molecule has 9 heavy (non-hydrogen) atoms. The van der Waals surface area contributed by atoms with E-state index in [1.807, 2.05) is 0 Å². The van der Waals surface area contributed by atoms with Crippen LogP contribution in [0, 0.1) is 0 Å². The molecule has 0 aliphatic heterocycles. The fourth-order valence-corrected chi connectivity index (χ4v) is 0.309. The van der Waals surface area contributed by atoms with E-state index >= 15 is 0 Å². The molecule has 0 aromatic heterocycles. The van der Waals surface area contributed by atoms with Gasteiger partial charge in [-0.05, 0) is 0 Å². The molecule has 50 valence electrons. The summed E-state index contributed by atoms with van der Waals surface area (Å²) >= 11 is 0. The van der Waals surface area contributed by atoms with Crippen molar-refractivity contribution in [2.45, 2.75) is 0 Å². The summed E-state index contributed by atoms with van der Waals surface area (Å²) < 4.78 is 0. The first kappa shape index (κ1) is 7.75. The van der Waals surface area contributed by atoms with Gasteiger partial charge in [0.05, 0.1) is 5.70 Å². The molecule has 0 aliphatic carbocycles. The minimum Gasteiger partial charge on any atom is -0.387 e. The summed E-state index contributed by atoms with van der Waals surface area (Å²) in [5.74, 6) is 0. The quantitative estimate of drug-likeness (QED) is 0.410. The first-order chi connectivity index (χ1) is 4.22. The molecule has 0 saturated heterocycles. The Hall–Kier alpha value is -1.25. The van der Waals surface area contributed by atoms with Gasteiger partial charge in [-0.2, -0.15) is 0 Å². The Morgan fingerprint density at radius 2 is 2.00 bits per heavy atom. The average Bonchev–Trinajstić information content (AvgIpc) is 1.87. The van der Waals surface area contributed by atoms with E-state index in [2.05, 4.69) is 23.8 Å². The van der Waals surface area contributed by atoms with Gasteiger partial charge in [0.15, 0.2) is 0 Å². The molecule has 0 rings (SSSR count). The summed E-state index contributed by atoms with van der Waals surface area (Å²) in [6.07, 6.45) is 0.560. The lowest BCUT2D eigenvalue weighted by Crippen LogP contribution is -2.17. The van der Waals surface area contributed by atoms with Gasteiger partial charge >= 0.3 is 0 Å². The Bertz CT molecular complexity index is 140. The fourth-order valence-electron chi connectivity index (χ4n) is 0.309. The monoisotopic (exact) mass is 126 g/mol. The number of nitrogens with one attached hydrogen (secondary N) is 2. The summed E-state index contributed by atoms with van der Waals surface area (Å²) in [5, 5.41) is 5.09. The SMILES string of the molecule is C=C(NC)C(=C)NC=O. The average molecular weight is 126 g/mol. The largest absolute Gasteiger partial charge is 0.387 e. The number of hydrogen-bond donors (Lipinski definition) is 2. The van der Waals surface area contributed by atoms with E-state index in [-0.39, 0.29) is 0 Å². The third-order valence-electron chi connectivity index (χ3n) is 0.899. The van der Waals surface area contributed by atoms with Crippen molar-refractivity contribution in [2.24, 2.45) is 0 Å². The molecule has 0 fully saturated rings. The maximum absolute atomic E-state index is 9.79. The molecule has 0 aliphatic rings. The van der Waals surface area contributed by atoms with Gasteiger partial charge < -0.3 is 10.6 Å². The topological polar surface area (TPSA) is 41.1 Å². The molecule has 3 nitrogen and oxygen atoms in total. The molecule has 3 heteroatoms. The molecule has 0 aromatic carbocycles. The molecule has 0 bridgehead atoms. The second-order valence-electron chi connectivity index (χ2n) is 1.47. The van der Waals surface area contributed by atoms with Crippen LogP contribution in [0.5, 0.6) is 0 Å². The third-order valence-corrected chi connectivity index (χ3v) is 0.899. The maximum Gasteiger partial charge on any atom is 0.211 e. The first-order valence-corrected chi connectivity index (χ1v) is 2.48. The summed E-state index contributed by atoms with van der Waals surface area (Å²) in [6, 6.07) is 0. The smallest absolute Gasteiger partial charge is 0.211 e. The van der Waals surface area contributed by atoms with Crippen LogP contribution in [0.4, 0.5) is 0 Å². The second kappa shape index (κ2) is 3.72. The molecule has 0 heterocycles. The third kappa shape index (κ3) is 2.54. The predicted octanol–water partition coefficient (Wildman–Crippen LogP) is -0.0208. The zero-order valence-corrected chi connectivity index (χ0v) is 5.40. The Balaban J connectivity index is 3.73. The zero-order valence-electron chi connectivity index (χ0n) is 5.40. The van der Waals surface area contributed by atoms with Crippen molar-refractivity contribution < 1.29 is 4.79 Å². The van der Waals surface area contributed by atoms with E-state index in [4.69, 9.17) is 0 Å². The van der Waals surface area contributed by atoms with Crippen molar-refractivity contribution in [1.29, 1.82) is 0 Å². The van der Waals surface area contributed by atoms with Crippen LogP contribution < -0.4 is 10.6 Å². The molecule has 0 aromatic rings. The first-order valence-electron chi connectivity index (χ1n) is 2.48. The van der Waals surface area contributed by atoms with Crippen LogP contribution in [-0.2, 0) is 4.79 Å². The highest BCUT2D eigenvalue weighted by Gasteiger charge is 1.91. The molecule has 2 N–H and O–H groups in total. The van der Waals surface area contributed by atoms with Crippen LogP contribution in [0.25, 0.3) is 0 Å². The number of amides is 1. The highest BCUT2D eigenvalue weighted by molar-refractivity contribution is 5.52.